The summed E-state index contributed by atoms with van der Waals surface area (Å²) in [6.07, 6.45) is 1.34. The van der Waals surface area contributed by atoms with Crippen LogP contribution in [0.2, 0.25) is 0 Å². The molecule has 2 aromatic rings. The fourth-order valence-corrected chi connectivity index (χ4v) is 2.02. The van der Waals surface area contributed by atoms with E-state index in [4.69, 9.17) is 9.47 Å². The first kappa shape index (κ1) is 18.2. The number of amides is 1. The van der Waals surface area contributed by atoms with Gasteiger partial charge in [-0.05, 0) is 31.2 Å². The first-order valence-electron chi connectivity index (χ1n) is 7.58. The Kier molecular flexibility index (Phi) is 6.28. The second-order valence-electron chi connectivity index (χ2n) is 5.12. The van der Waals surface area contributed by atoms with E-state index in [1.54, 1.807) is 36.4 Å². The third kappa shape index (κ3) is 5.17. The number of hydrogen-bond acceptors (Lipinski definition) is 4. The van der Waals surface area contributed by atoms with E-state index in [-0.39, 0.29) is 5.56 Å². The van der Waals surface area contributed by atoms with Gasteiger partial charge in [0.15, 0.2) is 6.10 Å². The van der Waals surface area contributed by atoms with Crippen molar-refractivity contribution in [3.63, 3.8) is 0 Å². The maximum Gasteiger partial charge on any atom is 0.331 e. The Bertz CT molecular complexity index is 788. The first-order valence-corrected chi connectivity index (χ1v) is 7.58. The minimum absolute atomic E-state index is 0.255. The lowest BCUT2D eigenvalue weighted by molar-refractivity contribution is -0.148. The van der Waals surface area contributed by atoms with Crippen LogP contribution < -0.4 is 10.1 Å². The van der Waals surface area contributed by atoms with Gasteiger partial charge in [0.25, 0.3) is 5.91 Å². The minimum atomic E-state index is -1.03. The number of carbonyl (C=O) groups is 2. The smallest absolute Gasteiger partial charge is 0.331 e. The van der Waals surface area contributed by atoms with Crippen LogP contribution in [0, 0.1) is 5.82 Å². The van der Waals surface area contributed by atoms with Gasteiger partial charge in [0.2, 0.25) is 0 Å². The molecule has 1 atom stereocenters. The van der Waals surface area contributed by atoms with Gasteiger partial charge in [-0.2, -0.15) is 0 Å². The molecule has 5 nitrogen and oxygen atoms in total. The molecular formula is C19H18FNO4. The molecule has 0 fully saturated rings. The van der Waals surface area contributed by atoms with E-state index in [0.29, 0.717) is 11.4 Å². The van der Waals surface area contributed by atoms with Crippen LogP contribution in [-0.2, 0) is 14.3 Å². The Balaban J connectivity index is 1.94. The molecule has 0 saturated carbocycles. The number of hydrogen-bond donors (Lipinski definition) is 1. The summed E-state index contributed by atoms with van der Waals surface area (Å²) < 4.78 is 23.6. The summed E-state index contributed by atoms with van der Waals surface area (Å²) in [4.78, 5) is 23.9. The number of anilines is 1. The number of carbonyl (C=O) groups excluding carboxylic acids is 2. The Morgan fingerprint density at radius 1 is 1.12 bits per heavy atom. The second kappa shape index (κ2) is 8.63. The molecule has 130 valence electrons. The summed E-state index contributed by atoms with van der Waals surface area (Å²) in [7, 11) is 1.49. The van der Waals surface area contributed by atoms with Crippen LogP contribution in [0.15, 0.2) is 54.6 Å². The normalized spacial score (nSPS) is 11.8. The molecule has 1 amide bonds. The largest absolute Gasteiger partial charge is 0.495 e. The lowest BCUT2D eigenvalue weighted by Crippen LogP contribution is -2.29. The molecule has 0 aliphatic carbocycles. The van der Waals surface area contributed by atoms with E-state index in [0.717, 1.165) is 6.08 Å². The second-order valence-corrected chi connectivity index (χ2v) is 5.12. The number of para-hydroxylation sites is 2. The summed E-state index contributed by atoms with van der Waals surface area (Å²) in [6.45, 7) is 1.44. The van der Waals surface area contributed by atoms with Crippen molar-refractivity contribution in [1.82, 2.24) is 0 Å². The van der Waals surface area contributed by atoms with Gasteiger partial charge in [0.05, 0.1) is 12.8 Å². The molecule has 2 rings (SSSR count). The third-order valence-corrected chi connectivity index (χ3v) is 3.33. The van der Waals surface area contributed by atoms with Crippen LogP contribution in [0.3, 0.4) is 0 Å². The number of rotatable bonds is 6. The van der Waals surface area contributed by atoms with Crippen molar-refractivity contribution < 1.29 is 23.5 Å². The van der Waals surface area contributed by atoms with Gasteiger partial charge in [-0.3, -0.25) is 4.79 Å². The molecule has 0 radical (unpaired) electrons. The lowest BCUT2D eigenvalue weighted by Gasteiger charge is -2.14. The number of esters is 1. The molecular weight excluding hydrogens is 325 g/mol. The molecule has 0 heterocycles. The predicted octanol–water partition coefficient (Wildman–Crippen LogP) is 3.42. The predicted molar refractivity (Wildman–Crippen MR) is 92.6 cm³/mol. The Morgan fingerprint density at radius 3 is 2.52 bits per heavy atom. The number of benzene rings is 2. The fourth-order valence-electron chi connectivity index (χ4n) is 2.02. The van der Waals surface area contributed by atoms with Crippen LogP contribution in [0.25, 0.3) is 6.08 Å². The van der Waals surface area contributed by atoms with Crippen molar-refractivity contribution in [2.24, 2.45) is 0 Å². The van der Waals surface area contributed by atoms with Crippen molar-refractivity contribution >= 4 is 23.6 Å². The van der Waals surface area contributed by atoms with Gasteiger partial charge in [-0.25, -0.2) is 9.18 Å². The summed E-state index contributed by atoms with van der Waals surface area (Å²) in [5.74, 6) is -1.20. The summed E-state index contributed by atoms with van der Waals surface area (Å²) in [5, 5.41) is 2.62. The molecule has 0 saturated heterocycles. The Hall–Kier alpha value is -3.15. The Labute approximate surface area is 145 Å². The number of methoxy groups -OCH3 is 1. The molecule has 0 bridgehead atoms. The summed E-state index contributed by atoms with van der Waals surface area (Å²) >= 11 is 0. The molecule has 0 aliphatic heterocycles. The zero-order valence-corrected chi connectivity index (χ0v) is 13.9. The van der Waals surface area contributed by atoms with Crippen molar-refractivity contribution in [2.75, 3.05) is 12.4 Å². The summed E-state index contributed by atoms with van der Waals surface area (Å²) in [5.41, 5.74) is 0.727. The van der Waals surface area contributed by atoms with Crippen molar-refractivity contribution in [3.05, 3.63) is 66.0 Å². The maximum atomic E-state index is 13.5. The van der Waals surface area contributed by atoms with Crippen LogP contribution >= 0.6 is 0 Å². The van der Waals surface area contributed by atoms with Crippen LogP contribution in [0.4, 0.5) is 10.1 Å². The molecule has 2 aromatic carbocycles. The van der Waals surface area contributed by atoms with Gasteiger partial charge in [-0.15, -0.1) is 0 Å². The molecule has 0 spiro atoms. The van der Waals surface area contributed by atoms with E-state index in [2.05, 4.69) is 5.32 Å². The van der Waals surface area contributed by atoms with Crippen molar-refractivity contribution in [2.45, 2.75) is 13.0 Å². The van der Waals surface area contributed by atoms with E-state index in [9.17, 15) is 14.0 Å². The van der Waals surface area contributed by atoms with E-state index < -0.39 is 23.8 Å². The van der Waals surface area contributed by atoms with E-state index >= 15 is 0 Å². The standard InChI is InChI=1S/C19H18FNO4/c1-13(19(23)21-16-9-5-6-10-17(16)24-2)25-18(22)12-11-14-7-3-4-8-15(14)20/h3-13H,1-2H3,(H,21,23)/b12-11+/t13-/m0/s1. The number of nitrogens with one attached hydrogen (secondary N) is 1. The third-order valence-electron chi connectivity index (χ3n) is 3.33. The average molecular weight is 343 g/mol. The minimum Gasteiger partial charge on any atom is -0.495 e. The number of halogens is 1. The quantitative estimate of drug-likeness (QED) is 0.645. The maximum absolute atomic E-state index is 13.5. The monoisotopic (exact) mass is 343 g/mol. The zero-order valence-electron chi connectivity index (χ0n) is 13.9. The van der Waals surface area contributed by atoms with Gasteiger partial charge in [0, 0.05) is 11.6 Å². The van der Waals surface area contributed by atoms with Crippen molar-refractivity contribution in [1.29, 1.82) is 0 Å². The molecule has 0 aromatic heterocycles. The average Bonchev–Trinajstić information content (AvgIpc) is 2.61. The fraction of sp³-hybridized carbons (Fsp3) is 0.158. The SMILES string of the molecule is COc1ccccc1NC(=O)[C@H](C)OC(=O)/C=C/c1ccccc1F. The highest BCUT2D eigenvalue weighted by Crippen LogP contribution is 2.23. The highest BCUT2D eigenvalue weighted by molar-refractivity contribution is 5.97. The molecule has 1 N–H and O–H groups in total. The highest BCUT2D eigenvalue weighted by atomic mass is 19.1. The molecule has 25 heavy (non-hydrogen) atoms. The van der Waals surface area contributed by atoms with Gasteiger partial charge in [-0.1, -0.05) is 30.3 Å². The van der Waals surface area contributed by atoms with Crippen LogP contribution in [-0.4, -0.2) is 25.1 Å². The van der Waals surface area contributed by atoms with Gasteiger partial charge in [0.1, 0.15) is 11.6 Å². The Morgan fingerprint density at radius 2 is 1.80 bits per heavy atom. The van der Waals surface area contributed by atoms with E-state index in [1.807, 2.05) is 0 Å². The van der Waals surface area contributed by atoms with Gasteiger partial charge < -0.3 is 14.8 Å². The lowest BCUT2D eigenvalue weighted by atomic mass is 10.2. The molecule has 0 unspecified atom stereocenters. The summed E-state index contributed by atoms with van der Waals surface area (Å²) in [6, 6.07) is 12.9. The number of ether oxygens (including phenoxy) is 2. The van der Waals surface area contributed by atoms with Gasteiger partial charge >= 0.3 is 5.97 Å². The molecule has 6 heteroatoms. The highest BCUT2D eigenvalue weighted by Gasteiger charge is 2.18. The van der Waals surface area contributed by atoms with Crippen LogP contribution in [0.1, 0.15) is 12.5 Å². The van der Waals surface area contributed by atoms with Crippen molar-refractivity contribution in [3.8, 4) is 5.75 Å². The first-order chi connectivity index (χ1) is 12.0. The zero-order chi connectivity index (χ0) is 18.2. The van der Waals surface area contributed by atoms with E-state index in [1.165, 1.54) is 32.2 Å². The molecule has 0 aliphatic rings. The van der Waals surface area contributed by atoms with Crippen LogP contribution in [0.5, 0.6) is 5.75 Å². The topological polar surface area (TPSA) is 64.6 Å².